The normalized spacial score (nSPS) is 14.3. The number of aliphatic carboxylic acids is 2. The zero-order chi connectivity index (χ0) is 21.0. The fourth-order valence-corrected chi connectivity index (χ4v) is 2.38. The van der Waals surface area contributed by atoms with Gasteiger partial charge in [0.2, 0.25) is 5.91 Å². The molecule has 0 heterocycles. The van der Waals surface area contributed by atoms with Crippen LogP contribution in [0, 0.1) is 5.41 Å². The lowest BCUT2D eigenvalue weighted by molar-refractivity contribution is -0.142. The van der Waals surface area contributed by atoms with Crippen LogP contribution in [0.3, 0.4) is 0 Å². The van der Waals surface area contributed by atoms with Gasteiger partial charge in [-0.15, -0.1) is 0 Å². The molecule has 0 aromatic rings. The van der Waals surface area contributed by atoms with Crippen LogP contribution in [0.4, 0.5) is 0 Å². The SMILES string of the molecule is C/C(Br)=C\CC/C(C)=C/CC(C)(C)/C=C/C(=O)N[C@@H](CCC(=O)O)C(=O)O. The van der Waals surface area contributed by atoms with Crippen LogP contribution in [0.5, 0.6) is 0 Å². The molecule has 0 aliphatic heterocycles. The maximum Gasteiger partial charge on any atom is 0.326 e. The summed E-state index contributed by atoms with van der Waals surface area (Å²) in [6, 6.07) is -1.21. The molecule has 7 heteroatoms. The molecule has 6 nitrogen and oxygen atoms in total. The summed E-state index contributed by atoms with van der Waals surface area (Å²) >= 11 is 3.40. The Kier molecular flexibility index (Phi) is 11.6. The minimum atomic E-state index is -1.25. The van der Waals surface area contributed by atoms with E-state index in [0.29, 0.717) is 0 Å². The molecule has 0 saturated carbocycles. The number of hydrogen-bond acceptors (Lipinski definition) is 3. The van der Waals surface area contributed by atoms with Crippen molar-refractivity contribution in [2.45, 2.75) is 65.8 Å². The summed E-state index contributed by atoms with van der Waals surface area (Å²) in [6.45, 7) is 8.04. The molecule has 0 rings (SSSR count). The molecule has 0 radical (unpaired) electrons. The Morgan fingerprint density at radius 3 is 2.26 bits per heavy atom. The molecule has 0 unspecified atom stereocenters. The summed E-state index contributed by atoms with van der Waals surface area (Å²) in [4.78, 5) is 33.6. The minimum Gasteiger partial charge on any atom is -0.481 e. The molecule has 0 aliphatic rings. The second kappa shape index (κ2) is 12.5. The molecule has 27 heavy (non-hydrogen) atoms. The van der Waals surface area contributed by atoms with E-state index in [1.807, 2.05) is 20.8 Å². The van der Waals surface area contributed by atoms with Gasteiger partial charge in [0.25, 0.3) is 0 Å². The number of halogens is 1. The van der Waals surface area contributed by atoms with E-state index >= 15 is 0 Å². The first-order valence-electron chi connectivity index (χ1n) is 8.85. The Balaban J connectivity index is 4.65. The van der Waals surface area contributed by atoms with Crippen molar-refractivity contribution in [1.82, 2.24) is 5.32 Å². The van der Waals surface area contributed by atoms with E-state index in [1.165, 1.54) is 11.6 Å². The van der Waals surface area contributed by atoms with E-state index in [9.17, 15) is 14.4 Å². The van der Waals surface area contributed by atoms with Crippen molar-refractivity contribution in [2.75, 3.05) is 0 Å². The largest absolute Gasteiger partial charge is 0.481 e. The van der Waals surface area contributed by atoms with Crippen LogP contribution in [0.2, 0.25) is 0 Å². The highest BCUT2D eigenvalue weighted by molar-refractivity contribution is 9.11. The highest BCUT2D eigenvalue weighted by Gasteiger charge is 2.20. The minimum absolute atomic E-state index is 0.155. The molecule has 0 aromatic carbocycles. The van der Waals surface area contributed by atoms with E-state index in [2.05, 4.69) is 40.3 Å². The molecule has 152 valence electrons. The van der Waals surface area contributed by atoms with E-state index in [4.69, 9.17) is 10.2 Å². The molecule has 3 N–H and O–H groups in total. The maximum atomic E-state index is 12.0. The molecule has 0 bridgehead atoms. The van der Waals surface area contributed by atoms with Crippen LogP contribution in [-0.2, 0) is 14.4 Å². The van der Waals surface area contributed by atoms with Gasteiger partial charge in [0.15, 0.2) is 0 Å². The van der Waals surface area contributed by atoms with Crippen LogP contribution in [0.25, 0.3) is 0 Å². The molecule has 0 fully saturated rings. The van der Waals surface area contributed by atoms with Crippen molar-refractivity contribution in [2.24, 2.45) is 5.41 Å². The van der Waals surface area contributed by atoms with Crippen LogP contribution >= 0.6 is 15.9 Å². The van der Waals surface area contributed by atoms with Crippen LogP contribution in [0.1, 0.15) is 59.8 Å². The number of carbonyl (C=O) groups is 3. The predicted octanol–water partition coefficient (Wildman–Crippen LogP) is 4.42. The molecule has 0 aromatic heterocycles. The number of carboxylic acid groups (broad SMARTS) is 2. The summed E-state index contributed by atoms with van der Waals surface area (Å²) < 4.78 is 1.12. The zero-order valence-corrected chi connectivity index (χ0v) is 18.0. The second-order valence-electron chi connectivity index (χ2n) is 7.24. The van der Waals surface area contributed by atoms with Gasteiger partial charge in [0.05, 0.1) is 0 Å². The first-order valence-corrected chi connectivity index (χ1v) is 9.64. The number of amides is 1. The summed E-state index contributed by atoms with van der Waals surface area (Å²) in [6.07, 6.45) is 9.53. The maximum absolute atomic E-state index is 12.0. The first kappa shape index (κ1) is 25.1. The molecular formula is C20H30BrNO5. The molecule has 1 atom stereocenters. The number of nitrogens with one attached hydrogen (secondary N) is 1. The van der Waals surface area contributed by atoms with Crippen LogP contribution in [-0.4, -0.2) is 34.1 Å². The summed E-state index contributed by atoms with van der Waals surface area (Å²) in [7, 11) is 0. The Hall–Kier alpha value is -1.89. The summed E-state index contributed by atoms with van der Waals surface area (Å²) in [5.41, 5.74) is 1.00. The van der Waals surface area contributed by atoms with Gasteiger partial charge in [-0.1, -0.05) is 53.6 Å². The van der Waals surface area contributed by atoms with Gasteiger partial charge in [-0.2, -0.15) is 0 Å². The molecule has 0 aliphatic carbocycles. The number of rotatable bonds is 12. The van der Waals surface area contributed by atoms with Gasteiger partial charge in [-0.05, 0) is 55.5 Å². The number of allylic oxidation sites excluding steroid dienone is 5. The third-order valence-corrected chi connectivity index (χ3v) is 4.21. The molecule has 0 spiro atoms. The third-order valence-electron chi connectivity index (χ3n) is 3.89. The van der Waals surface area contributed by atoms with Crippen molar-refractivity contribution in [3.8, 4) is 0 Å². The Bertz CT molecular complexity index is 616. The van der Waals surface area contributed by atoms with E-state index in [-0.39, 0.29) is 18.3 Å². The fraction of sp³-hybridized carbons (Fsp3) is 0.550. The topological polar surface area (TPSA) is 104 Å². The van der Waals surface area contributed by atoms with Gasteiger partial charge >= 0.3 is 11.9 Å². The second-order valence-corrected chi connectivity index (χ2v) is 8.49. The third kappa shape index (κ3) is 13.9. The Morgan fingerprint density at radius 1 is 1.11 bits per heavy atom. The lowest BCUT2D eigenvalue weighted by Gasteiger charge is -2.19. The monoisotopic (exact) mass is 443 g/mol. The van der Waals surface area contributed by atoms with Gasteiger partial charge in [-0.25, -0.2) is 4.79 Å². The number of carbonyl (C=O) groups excluding carboxylic acids is 1. The first-order chi connectivity index (χ1) is 12.4. The number of hydrogen-bond donors (Lipinski definition) is 3. The zero-order valence-electron chi connectivity index (χ0n) is 16.4. The van der Waals surface area contributed by atoms with Crippen molar-refractivity contribution < 1.29 is 24.6 Å². The molecule has 0 saturated heterocycles. The van der Waals surface area contributed by atoms with Crippen molar-refractivity contribution in [3.63, 3.8) is 0 Å². The predicted molar refractivity (Wildman–Crippen MR) is 110 cm³/mol. The highest BCUT2D eigenvalue weighted by atomic mass is 79.9. The summed E-state index contributed by atoms with van der Waals surface area (Å²) in [5, 5.41) is 20.0. The van der Waals surface area contributed by atoms with Crippen LogP contribution < -0.4 is 5.32 Å². The standard InChI is InChI=1S/C20H30BrNO5/c1-14(6-5-7-15(2)21)10-12-20(3,4)13-11-17(23)22-16(19(26)27)8-9-18(24)25/h7,10-11,13,16H,5-6,8-9,12H2,1-4H3,(H,22,23)(H,24,25)(H,26,27)/b13-11+,14-10+,15-7+/t16-/m0/s1. The van der Waals surface area contributed by atoms with Gasteiger partial charge in [0, 0.05) is 6.42 Å². The molecular weight excluding hydrogens is 414 g/mol. The smallest absolute Gasteiger partial charge is 0.326 e. The van der Waals surface area contributed by atoms with Crippen LogP contribution in [0.15, 0.2) is 34.4 Å². The van der Waals surface area contributed by atoms with E-state index in [1.54, 1.807) is 6.08 Å². The van der Waals surface area contributed by atoms with Crippen molar-refractivity contribution >= 4 is 33.8 Å². The van der Waals surface area contributed by atoms with Gasteiger partial charge in [-0.3, -0.25) is 9.59 Å². The van der Waals surface area contributed by atoms with Gasteiger partial charge < -0.3 is 15.5 Å². The Labute approximate surface area is 169 Å². The average Bonchev–Trinajstić information content (AvgIpc) is 2.54. The lowest BCUT2D eigenvalue weighted by atomic mass is 9.87. The fourth-order valence-electron chi connectivity index (χ4n) is 2.15. The van der Waals surface area contributed by atoms with E-state index in [0.717, 1.165) is 23.7 Å². The number of carboxylic acids is 2. The molecule has 1 amide bonds. The van der Waals surface area contributed by atoms with Crippen molar-refractivity contribution in [1.29, 1.82) is 0 Å². The highest BCUT2D eigenvalue weighted by Crippen LogP contribution is 2.24. The summed E-state index contributed by atoms with van der Waals surface area (Å²) in [5.74, 6) is -2.89. The quantitative estimate of drug-likeness (QED) is 0.306. The van der Waals surface area contributed by atoms with Crippen molar-refractivity contribution in [3.05, 3.63) is 34.4 Å². The average molecular weight is 444 g/mol. The van der Waals surface area contributed by atoms with Gasteiger partial charge in [0.1, 0.15) is 6.04 Å². The Morgan fingerprint density at radius 2 is 1.74 bits per heavy atom. The lowest BCUT2D eigenvalue weighted by Crippen LogP contribution is -2.40. The van der Waals surface area contributed by atoms with E-state index < -0.39 is 23.9 Å².